The molecule has 0 aliphatic rings. The summed E-state index contributed by atoms with van der Waals surface area (Å²) in [7, 11) is 0. The molecule has 0 bridgehead atoms. The van der Waals surface area contributed by atoms with Gasteiger partial charge in [0, 0.05) is 28.5 Å². The van der Waals surface area contributed by atoms with E-state index < -0.39 is 42.1 Å². The second-order valence-electron chi connectivity index (χ2n) is 9.22. The summed E-state index contributed by atoms with van der Waals surface area (Å²) in [5, 5.41) is 11.3. The zero-order valence-corrected chi connectivity index (χ0v) is 22.6. The highest BCUT2D eigenvalue weighted by Gasteiger charge is 2.31. The summed E-state index contributed by atoms with van der Waals surface area (Å²) in [4.78, 5) is 27.7. The third-order valence-electron chi connectivity index (χ3n) is 5.98. The molecule has 1 amide bonds. The second kappa shape index (κ2) is 12.9. The minimum atomic E-state index is -4.87. The van der Waals surface area contributed by atoms with Crippen LogP contribution < -0.4 is 19.5 Å². The molecular weight excluding hydrogens is 598 g/mol. The van der Waals surface area contributed by atoms with E-state index >= 15 is 0 Å². The van der Waals surface area contributed by atoms with E-state index in [2.05, 4.69) is 19.8 Å². The van der Waals surface area contributed by atoms with Gasteiger partial charge in [-0.3, -0.25) is 14.6 Å². The maximum absolute atomic E-state index is 12.6. The molecular formula is C30H22F6N2O6. The van der Waals surface area contributed by atoms with Crippen LogP contribution in [0.3, 0.4) is 0 Å². The van der Waals surface area contributed by atoms with Crippen molar-refractivity contribution in [3.05, 3.63) is 96.2 Å². The van der Waals surface area contributed by atoms with Crippen LogP contribution in [0.15, 0.2) is 85.1 Å². The molecule has 3 aromatic carbocycles. The number of hydrogen-bond donors (Lipinski definition) is 2. The van der Waals surface area contributed by atoms with E-state index in [1.54, 1.807) is 6.07 Å². The number of carbonyl (C=O) groups is 2. The van der Waals surface area contributed by atoms with Gasteiger partial charge in [0.2, 0.25) is 0 Å². The minimum Gasteiger partial charge on any atom is -0.489 e. The van der Waals surface area contributed by atoms with Crippen molar-refractivity contribution in [3.63, 3.8) is 0 Å². The molecule has 0 radical (unpaired) electrons. The van der Waals surface area contributed by atoms with Crippen molar-refractivity contribution in [3.8, 4) is 39.6 Å². The lowest BCUT2D eigenvalue weighted by molar-refractivity contribution is -0.275. The van der Waals surface area contributed by atoms with Crippen molar-refractivity contribution >= 4 is 11.9 Å². The second-order valence-corrected chi connectivity index (χ2v) is 9.22. The fourth-order valence-electron chi connectivity index (χ4n) is 3.91. The molecule has 1 heterocycles. The largest absolute Gasteiger partial charge is 0.573 e. The van der Waals surface area contributed by atoms with E-state index in [1.165, 1.54) is 61.7 Å². The van der Waals surface area contributed by atoms with Crippen LogP contribution in [0.4, 0.5) is 26.3 Å². The maximum atomic E-state index is 12.6. The molecule has 1 aromatic heterocycles. The molecule has 0 saturated carbocycles. The van der Waals surface area contributed by atoms with Gasteiger partial charge >= 0.3 is 18.7 Å². The SMILES string of the molecule is C[C@H](NC(=O)c1ccc(OCc2cc(-c3ccc(OC(F)(F)F)cc3)cnc2-c2ccc(OC(F)(F)F)cc2)cc1)C(=O)O. The molecule has 0 fully saturated rings. The van der Waals surface area contributed by atoms with Crippen LogP contribution >= 0.6 is 0 Å². The van der Waals surface area contributed by atoms with Crippen LogP contribution in [0.1, 0.15) is 22.8 Å². The van der Waals surface area contributed by atoms with Crippen molar-refractivity contribution < 1.29 is 55.2 Å². The lowest BCUT2D eigenvalue weighted by Crippen LogP contribution is -2.38. The van der Waals surface area contributed by atoms with E-state index in [0.29, 0.717) is 33.7 Å². The summed E-state index contributed by atoms with van der Waals surface area (Å²) in [5.74, 6) is -2.32. The monoisotopic (exact) mass is 620 g/mol. The molecule has 0 unspecified atom stereocenters. The van der Waals surface area contributed by atoms with Crippen molar-refractivity contribution in [2.75, 3.05) is 0 Å². The summed E-state index contributed by atoms with van der Waals surface area (Å²) >= 11 is 0. The number of benzene rings is 3. The number of amides is 1. The van der Waals surface area contributed by atoms with Crippen molar-refractivity contribution in [1.82, 2.24) is 10.3 Å². The number of pyridine rings is 1. The summed E-state index contributed by atoms with van der Waals surface area (Å²) < 4.78 is 89.1. The van der Waals surface area contributed by atoms with Crippen LogP contribution in [0.25, 0.3) is 22.4 Å². The first-order chi connectivity index (χ1) is 20.7. The maximum Gasteiger partial charge on any atom is 0.573 e. The number of nitrogens with one attached hydrogen (secondary N) is 1. The van der Waals surface area contributed by atoms with Crippen LogP contribution in [-0.2, 0) is 11.4 Å². The number of aromatic nitrogens is 1. The van der Waals surface area contributed by atoms with Crippen LogP contribution in [0, 0.1) is 0 Å². The zero-order chi connectivity index (χ0) is 32.1. The number of hydrogen-bond acceptors (Lipinski definition) is 6. The Balaban J connectivity index is 1.59. The predicted molar refractivity (Wildman–Crippen MR) is 144 cm³/mol. The van der Waals surface area contributed by atoms with Gasteiger partial charge in [0.1, 0.15) is 29.9 Å². The average Bonchev–Trinajstić information content (AvgIpc) is 2.95. The van der Waals surface area contributed by atoms with Gasteiger partial charge in [0.05, 0.1) is 5.69 Å². The van der Waals surface area contributed by atoms with Crippen LogP contribution in [0.2, 0.25) is 0 Å². The number of alkyl halides is 6. The van der Waals surface area contributed by atoms with Gasteiger partial charge in [-0.25, -0.2) is 0 Å². The van der Waals surface area contributed by atoms with E-state index in [9.17, 15) is 35.9 Å². The first-order valence-corrected chi connectivity index (χ1v) is 12.6. The molecule has 8 nitrogen and oxygen atoms in total. The molecule has 0 aliphatic carbocycles. The van der Waals surface area contributed by atoms with Crippen molar-refractivity contribution in [1.29, 1.82) is 0 Å². The molecule has 0 aliphatic heterocycles. The lowest BCUT2D eigenvalue weighted by Gasteiger charge is -2.15. The number of carboxylic acid groups (broad SMARTS) is 1. The quantitative estimate of drug-likeness (QED) is 0.184. The summed E-state index contributed by atoms with van der Waals surface area (Å²) in [6, 6.07) is 16.5. The summed E-state index contributed by atoms with van der Waals surface area (Å²) in [5.41, 5.74) is 2.44. The molecule has 230 valence electrons. The lowest BCUT2D eigenvalue weighted by atomic mass is 10.0. The van der Waals surface area contributed by atoms with Crippen LogP contribution in [0.5, 0.6) is 17.2 Å². The van der Waals surface area contributed by atoms with Gasteiger partial charge in [-0.2, -0.15) is 0 Å². The molecule has 2 N–H and O–H groups in total. The molecule has 1 atom stereocenters. The van der Waals surface area contributed by atoms with Gasteiger partial charge in [0.15, 0.2) is 0 Å². The molecule has 44 heavy (non-hydrogen) atoms. The first kappa shape index (κ1) is 31.7. The number of carboxylic acids is 1. The first-order valence-electron chi connectivity index (χ1n) is 12.6. The summed E-state index contributed by atoms with van der Waals surface area (Å²) in [6.07, 6.45) is -8.27. The van der Waals surface area contributed by atoms with Gasteiger partial charge < -0.3 is 24.6 Å². The Morgan fingerprint density at radius 3 is 1.77 bits per heavy atom. The third kappa shape index (κ3) is 8.86. The van der Waals surface area contributed by atoms with E-state index in [1.807, 2.05) is 0 Å². The van der Waals surface area contributed by atoms with Gasteiger partial charge in [0.25, 0.3) is 5.91 Å². The average molecular weight is 621 g/mol. The zero-order valence-electron chi connectivity index (χ0n) is 22.6. The van der Waals surface area contributed by atoms with E-state index in [-0.39, 0.29) is 12.2 Å². The Kier molecular flexibility index (Phi) is 9.31. The number of carbonyl (C=O) groups excluding carboxylic acids is 1. The van der Waals surface area contributed by atoms with Gasteiger partial charge in [-0.1, -0.05) is 12.1 Å². The van der Waals surface area contributed by atoms with Gasteiger partial charge in [-0.15, -0.1) is 26.3 Å². The normalized spacial score (nSPS) is 12.2. The number of rotatable bonds is 10. The molecule has 0 spiro atoms. The Hall–Kier alpha value is -5.27. The highest BCUT2D eigenvalue weighted by Crippen LogP contribution is 2.32. The Morgan fingerprint density at radius 2 is 1.27 bits per heavy atom. The Morgan fingerprint density at radius 1 is 0.773 bits per heavy atom. The van der Waals surface area contributed by atoms with Crippen molar-refractivity contribution in [2.24, 2.45) is 0 Å². The fourth-order valence-corrected chi connectivity index (χ4v) is 3.91. The fraction of sp³-hybridized carbons (Fsp3) is 0.167. The van der Waals surface area contributed by atoms with Crippen LogP contribution in [-0.4, -0.2) is 40.7 Å². The van der Waals surface area contributed by atoms with E-state index in [0.717, 1.165) is 24.3 Å². The molecule has 4 rings (SSSR count). The number of halogens is 6. The highest BCUT2D eigenvalue weighted by molar-refractivity contribution is 5.96. The third-order valence-corrected chi connectivity index (χ3v) is 5.98. The van der Waals surface area contributed by atoms with Crippen molar-refractivity contribution in [2.45, 2.75) is 32.3 Å². The topological polar surface area (TPSA) is 107 Å². The highest BCUT2D eigenvalue weighted by atomic mass is 19.4. The predicted octanol–water partition coefficient (Wildman–Crippen LogP) is 6.99. The Bertz CT molecular complexity index is 1610. The molecule has 0 saturated heterocycles. The standard InChI is InChI=1S/C30H22F6N2O6/c1-17(28(40)41)38-27(39)20-6-8-23(9-7-20)42-16-22-14-21(18-2-10-24(11-3-18)43-29(31,32)33)15-37-26(22)19-4-12-25(13-5-19)44-30(34,35)36/h2-15,17H,16H2,1H3,(H,38,39)(H,40,41)/t17-/m0/s1. The van der Waals surface area contributed by atoms with Gasteiger partial charge in [-0.05, 0) is 79.2 Å². The Labute approximate surface area is 245 Å². The smallest absolute Gasteiger partial charge is 0.489 e. The van der Waals surface area contributed by atoms with E-state index in [4.69, 9.17) is 9.84 Å². The summed E-state index contributed by atoms with van der Waals surface area (Å²) in [6.45, 7) is 1.22. The number of nitrogens with zero attached hydrogens (tertiary/aromatic N) is 1. The number of aliphatic carboxylic acids is 1. The molecule has 14 heteroatoms. The minimum absolute atomic E-state index is 0.103. The number of ether oxygens (including phenoxy) is 3. The molecule has 4 aromatic rings.